The van der Waals surface area contributed by atoms with Crippen LogP contribution in [0.15, 0.2) is 47.5 Å². The largest absolute Gasteiger partial charge is 0.416 e. The summed E-state index contributed by atoms with van der Waals surface area (Å²) in [6, 6.07) is 6.82. The second kappa shape index (κ2) is 6.17. The highest BCUT2D eigenvalue weighted by Crippen LogP contribution is 2.35. The quantitative estimate of drug-likeness (QED) is 0.892. The van der Waals surface area contributed by atoms with Gasteiger partial charge >= 0.3 is 6.18 Å². The van der Waals surface area contributed by atoms with Crippen LogP contribution < -0.4 is 10.5 Å². The zero-order valence-corrected chi connectivity index (χ0v) is 12.8. The Hall–Kier alpha value is -2.13. The second-order valence-electron chi connectivity index (χ2n) is 4.85. The molecule has 3 N–H and O–H groups in total. The van der Waals surface area contributed by atoms with E-state index in [2.05, 4.69) is 10.3 Å². The zero-order chi connectivity index (χ0) is 17.3. The number of benzene rings is 1. The molecule has 0 aliphatic rings. The fourth-order valence-corrected chi connectivity index (χ4v) is 2.79. The SMILES string of the molecule is CC(Nc1ncccc1S(N)(=O)=O)c1ccccc1C(F)(F)F. The van der Waals surface area contributed by atoms with Gasteiger partial charge in [0, 0.05) is 6.20 Å². The molecule has 0 fully saturated rings. The van der Waals surface area contributed by atoms with Crippen LogP contribution in [-0.4, -0.2) is 13.4 Å². The first kappa shape index (κ1) is 17.2. The van der Waals surface area contributed by atoms with Crippen molar-refractivity contribution >= 4 is 15.8 Å². The predicted octanol–water partition coefficient (Wildman–Crippen LogP) is 2.92. The number of nitrogens with zero attached hydrogens (tertiary/aromatic N) is 1. The molecule has 1 unspecified atom stereocenters. The molecule has 1 aromatic heterocycles. The van der Waals surface area contributed by atoms with Gasteiger partial charge in [0.15, 0.2) is 0 Å². The van der Waals surface area contributed by atoms with Crippen molar-refractivity contribution in [3.05, 3.63) is 53.7 Å². The van der Waals surface area contributed by atoms with Crippen LogP contribution in [0.5, 0.6) is 0 Å². The van der Waals surface area contributed by atoms with Crippen LogP contribution in [0.25, 0.3) is 0 Å². The van der Waals surface area contributed by atoms with E-state index in [0.717, 1.165) is 6.07 Å². The average molecular weight is 345 g/mol. The molecule has 1 atom stereocenters. The number of sulfonamides is 1. The Balaban J connectivity index is 2.41. The summed E-state index contributed by atoms with van der Waals surface area (Å²) in [5.74, 6) is -0.0977. The van der Waals surface area contributed by atoms with Gasteiger partial charge in [-0.3, -0.25) is 0 Å². The molecule has 5 nitrogen and oxygen atoms in total. The smallest absolute Gasteiger partial charge is 0.362 e. The molecule has 0 saturated heterocycles. The van der Waals surface area contributed by atoms with Crippen LogP contribution in [0.3, 0.4) is 0 Å². The lowest BCUT2D eigenvalue weighted by Crippen LogP contribution is -2.19. The standard InChI is InChI=1S/C14H14F3N3O2S/c1-9(10-5-2-3-6-11(10)14(15,16)17)20-13-12(23(18,21)22)7-4-8-19-13/h2-9H,1H3,(H,19,20)(H2,18,21,22). The van der Waals surface area contributed by atoms with Gasteiger partial charge in [0.05, 0.1) is 11.6 Å². The summed E-state index contributed by atoms with van der Waals surface area (Å²) >= 11 is 0. The Morgan fingerprint density at radius 1 is 1.17 bits per heavy atom. The van der Waals surface area contributed by atoms with Gasteiger partial charge in [-0.25, -0.2) is 18.5 Å². The number of halogens is 3. The fraction of sp³-hybridized carbons (Fsp3) is 0.214. The topological polar surface area (TPSA) is 85.1 Å². The van der Waals surface area contributed by atoms with E-state index in [9.17, 15) is 21.6 Å². The number of nitrogens with one attached hydrogen (secondary N) is 1. The van der Waals surface area contributed by atoms with E-state index in [0.29, 0.717) is 0 Å². The Labute approximate surface area is 131 Å². The van der Waals surface area contributed by atoms with Crippen molar-refractivity contribution < 1.29 is 21.6 Å². The third-order valence-corrected chi connectivity index (χ3v) is 4.11. The molecule has 0 bridgehead atoms. The summed E-state index contributed by atoms with van der Waals surface area (Å²) < 4.78 is 62.2. The minimum atomic E-state index is -4.51. The lowest BCUT2D eigenvalue weighted by molar-refractivity contribution is -0.138. The van der Waals surface area contributed by atoms with Crippen molar-refractivity contribution in [2.75, 3.05) is 5.32 Å². The molecule has 0 amide bonds. The molecular weight excluding hydrogens is 331 g/mol. The second-order valence-corrected chi connectivity index (χ2v) is 6.38. The highest BCUT2D eigenvalue weighted by molar-refractivity contribution is 7.89. The van der Waals surface area contributed by atoms with E-state index in [-0.39, 0.29) is 16.3 Å². The van der Waals surface area contributed by atoms with Gasteiger partial charge in [-0.2, -0.15) is 13.2 Å². The van der Waals surface area contributed by atoms with Crippen LogP contribution in [0, 0.1) is 0 Å². The molecule has 9 heteroatoms. The van der Waals surface area contributed by atoms with Gasteiger partial charge in [-0.05, 0) is 30.7 Å². The van der Waals surface area contributed by atoms with Crippen LogP contribution in [0.4, 0.5) is 19.0 Å². The van der Waals surface area contributed by atoms with Crippen LogP contribution in [0.2, 0.25) is 0 Å². The molecule has 0 saturated carbocycles. The van der Waals surface area contributed by atoms with Crippen LogP contribution in [0.1, 0.15) is 24.1 Å². The van der Waals surface area contributed by atoms with Gasteiger partial charge in [-0.1, -0.05) is 18.2 Å². The highest BCUT2D eigenvalue weighted by Gasteiger charge is 2.34. The molecule has 0 aliphatic heterocycles. The highest BCUT2D eigenvalue weighted by atomic mass is 32.2. The maximum absolute atomic E-state index is 13.1. The third-order valence-electron chi connectivity index (χ3n) is 3.16. The monoisotopic (exact) mass is 345 g/mol. The summed E-state index contributed by atoms with van der Waals surface area (Å²) in [5, 5.41) is 7.76. The number of alkyl halides is 3. The van der Waals surface area contributed by atoms with Crippen molar-refractivity contribution in [1.29, 1.82) is 0 Å². The minimum Gasteiger partial charge on any atom is -0.362 e. The number of nitrogens with two attached hydrogens (primary N) is 1. The molecule has 0 aliphatic carbocycles. The lowest BCUT2D eigenvalue weighted by atomic mass is 10.0. The first-order valence-electron chi connectivity index (χ1n) is 6.51. The Kier molecular flexibility index (Phi) is 4.62. The third kappa shape index (κ3) is 3.99. The lowest BCUT2D eigenvalue weighted by Gasteiger charge is -2.20. The normalized spacial score (nSPS) is 13.6. The van der Waals surface area contributed by atoms with E-state index < -0.39 is 27.8 Å². The molecule has 0 spiro atoms. The zero-order valence-electron chi connectivity index (χ0n) is 12.0. The van der Waals surface area contributed by atoms with Crippen molar-refractivity contribution in [3.8, 4) is 0 Å². The van der Waals surface area contributed by atoms with Crippen LogP contribution in [-0.2, 0) is 16.2 Å². The fourth-order valence-electron chi connectivity index (χ4n) is 2.14. The maximum atomic E-state index is 13.1. The predicted molar refractivity (Wildman–Crippen MR) is 79.1 cm³/mol. The van der Waals surface area contributed by atoms with Gasteiger partial charge in [-0.15, -0.1) is 0 Å². The number of hydrogen-bond donors (Lipinski definition) is 2. The maximum Gasteiger partial charge on any atom is 0.416 e. The van der Waals surface area contributed by atoms with E-state index in [1.807, 2.05) is 0 Å². The summed E-state index contributed by atoms with van der Waals surface area (Å²) in [6.07, 6.45) is -3.20. The summed E-state index contributed by atoms with van der Waals surface area (Å²) in [4.78, 5) is 3.57. The Morgan fingerprint density at radius 2 is 1.83 bits per heavy atom. The molecule has 2 aromatic rings. The summed E-state index contributed by atoms with van der Waals surface area (Å²) in [7, 11) is -4.05. The number of anilines is 1. The molecule has 124 valence electrons. The van der Waals surface area contributed by atoms with Crippen molar-refractivity contribution in [2.45, 2.75) is 24.0 Å². The van der Waals surface area contributed by atoms with E-state index >= 15 is 0 Å². The van der Waals surface area contributed by atoms with Crippen molar-refractivity contribution in [1.82, 2.24) is 4.98 Å². The number of rotatable bonds is 4. The summed E-state index contributed by atoms with van der Waals surface area (Å²) in [5.41, 5.74) is -0.820. The van der Waals surface area contributed by atoms with E-state index in [1.54, 1.807) is 0 Å². The molecule has 2 rings (SSSR count). The number of pyridine rings is 1. The molecule has 23 heavy (non-hydrogen) atoms. The molecule has 1 aromatic carbocycles. The average Bonchev–Trinajstić information content (AvgIpc) is 2.46. The minimum absolute atomic E-state index is 0.0222. The van der Waals surface area contributed by atoms with Gasteiger partial charge in [0.2, 0.25) is 10.0 Å². The van der Waals surface area contributed by atoms with Crippen molar-refractivity contribution in [3.63, 3.8) is 0 Å². The van der Waals surface area contributed by atoms with Crippen LogP contribution >= 0.6 is 0 Å². The summed E-state index contributed by atoms with van der Waals surface area (Å²) in [6.45, 7) is 1.48. The van der Waals surface area contributed by atoms with E-state index in [4.69, 9.17) is 5.14 Å². The Morgan fingerprint density at radius 3 is 2.43 bits per heavy atom. The number of primary sulfonamides is 1. The van der Waals surface area contributed by atoms with E-state index in [1.165, 1.54) is 43.5 Å². The molecular formula is C14H14F3N3O2S. The first-order chi connectivity index (χ1) is 10.6. The van der Waals surface area contributed by atoms with Gasteiger partial charge in [0.1, 0.15) is 10.7 Å². The number of hydrogen-bond acceptors (Lipinski definition) is 4. The Bertz CT molecular complexity index is 807. The number of aromatic nitrogens is 1. The van der Waals surface area contributed by atoms with Gasteiger partial charge < -0.3 is 5.32 Å². The first-order valence-corrected chi connectivity index (χ1v) is 8.06. The van der Waals surface area contributed by atoms with Crippen molar-refractivity contribution in [2.24, 2.45) is 5.14 Å². The van der Waals surface area contributed by atoms with Gasteiger partial charge in [0.25, 0.3) is 0 Å². The molecule has 1 heterocycles. The molecule has 0 radical (unpaired) electrons.